The maximum Gasteiger partial charge on any atom is 1.00 e. The molecule has 0 N–H and O–H groups in total. The van der Waals surface area contributed by atoms with Crippen LogP contribution in [0.5, 0.6) is 17.2 Å². The number of carboxylic acid groups (broad SMARTS) is 1. The topological polar surface area (TPSA) is 111 Å². The zero-order chi connectivity index (χ0) is 29.8. The summed E-state index contributed by atoms with van der Waals surface area (Å²) in [4.78, 5) is 26.9. The van der Waals surface area contributed by atoms with Crippen molar-refractivity contribution in [3.8, 4) is 17.2 Å². The van der Waals surface area contributed by atoms with Crippen LogP contribution in [0.2, 0.25) is 0 Å². The number of carbonyl (C=O) groups excluding carboxylic acids is 2. The Bertz CT molecular complexity index is 1640. The van der Waals surface area contributed by atoms with E-state index in [0.29, 0.717) is 45.0 Å². The molecule has 0 bridgehead atoms. The molecule has 0 atom stereocenters. The maximum absolute atomic E-state index is 14.1. The summed E-state index contributed by atoms with van der Waals surface area (Å²) in [7, 11) is 1.52. The second kappa shape index (κ2) is 14.3. The zero-order valence-corrected chi connectivity index (χ0v) is 28.0. The van der Waals surface area contributed by atoms with Gasteiger partial charge in [-0.05, 0) is 94.1 Å². The number of carboxylic acids is 1. The second-order valence-electron chi connectivity index (χ2n) is 10.4. The van der Waals surface area contributed by atoms with E-state index >= 15 is 0 Å². The first kappa shape index (κ1) is 33.3. The number of ether oxygens (including phenoxy) is 3. The van der Waals surface area contributed by atoms with Gasteiger partial charge in [-0.25, -0.2) is 0 Å². The molecule has 0 unspecified atom stereocenters. The number of allylic oxidation sites excluding steroid dienone is 1. The summed E-state index contributed by atoms with van der Waals surface area (Å²) in [6.45, 7) is 11.4. The summed E-state index contributed by atoms with van der Waals surface area (Å²) in [5.74, 6) is -0.602. The van der Waals surface area contributed by atoms with Gasteiger partial charge in [0.2, 0.25) is 5.75 Å². The average Bonchev–Trinajstić information content (AvgIpc) is 3.38. The fraction of sp³-hybridized carbons (Fsp3) is 0.312. The van der Waals surface area contributed by atoms with Crippen molar-refractivity contribution in [2.45, 2.75) is 60.2 Å². The molecule has 0 spiro atoms. The van der Waals surface area contributed by atoms with Crippen LogP contribution in [-0.4, -0.2) is 39.8 Å². The molecule has 42 heavy (non-hydrogen) atoms. The number of benzene rings is 3. The van der Waals surface area contributed by atoms with Gasteiger partial charge < -0.3 is 24.1 Å². The molecule has 0 radical (unpaired) electrons. The van der Waals surface area contributed by atoms with E-state index in [2.05, 4.69) is 8.75 Å². The molecule has 0 amide bonds. The molecular formula is C32H33N2NaO6S. The van der Waals surface area contributed by atoms with E-state index in [9.17, 15) is 14.7 Å². The van der Waals surface area contributed by atoms with E-state index in [0.717, 1.165) is 22.9 Å². The predicted octanol–water partition coefficient (Wildman–Crippen LogP) is 2.52. The molecule has 0 fully saturated rings. The number of nitrogens with zero attached hydrogens (tertiary/aromatic N) is 2. The molecule has 10 heteroatoms. The molecule has 4 aromatic rings. The van der Waals surface area contributed by atoms with Gasteiger partial charge >= 0.3 is 29.6 Å². The summed E-state index contributed by atoms with van der Waals surface area (Å²) >= 11 is 1.03. The van der Waals surface area contributed by atoms with E-state index < -0.39 is 11.8 Å². The van der Waals surface area contributed by atoms with Gasteiger partial charge in [0.15, 0.2) is 17.3 Å². The maximum atomic E-state index is 14.1. The number of aryl methyl sites for hydroxylation is 2. The van der Waals surface area contributed by atoms with Crippen LogP contribution >= 0.6 is 11.7 Å². The summed E-state index contributed by atoms with van der Waals surface area (Å²) in [6, 6.07) is 13.7. The normalized spacial score (nSPS) is 11.7. The van der Waals surface area contributed by atoms with Gasteiger partial charge in [-0.3, -0.25) is 4.79 Å². The van der Waals surface area contributed by atoms with E-state index in [1.54, 1.807) is 42.5 Å². The van der Waals surface area contributed by atoms with E-state index in [4.69, 9.17) is 14.2 Å². The molecule has 214 valence electrons. The third-order valence-electron chi connectivity index (χ3n) is 6.49. The van der Waals surface area contributed by atoms with Crippen LogP contribution in [-0.2, 0) is 11.2 Å². The molecule has 1 aromatic heterocycles. The number of Topliss-reactive ketones (excluding diaryl/α,β-unsaturated/α-hetero) is 1. The Balaban J connectivity index is 0.00000484. The van der Waals surface area contributed by atoms with E-state index in [1.165, 1.54) is 7.11 Å². The number of aromatic nitrogens is 2. The first-order valence-electron chi connectivity index (χ1n) is 13.3. The minimum absolute atomic E-state index is 0. The molecule has 0 saturated heterocycles. The summed E-state index contributed by atoms with van der Waals surface area (Å²) in [5.41, 5.74) is 4.26. The number of aliphatic carboxylic acids is 1. The van der Waals surface area contributed by atoms with Gasteiger partial charge in [0.25, 0.3) is 0 Å². The Kier molecular flexibility index (Phi) is 11.3. The first-order valence-corrected chi connectivity index (χ1v) is 14.0. The molecule has 0 aliphatic carbocycles. The summed E-state index contributed by atoms with van der Waals surface area (Å²) in [5, 5.41) is 12.7. The van der Waals surface area contributed by atoms with E-state index in [1.807, 2.05) is 47.6 Å². The SMILES string of the molecule is COc1cc(CC(C(=O)c2ccc(C)c(C)c2)=C(C(=O)[O-])c2ccc3nsnc3c2)cc(OC(C)C)c1OC(C)C.[Na+]. The Morgan fingerprint density at radius 1 is 0.833 bits per heavy atom. The first-order chi connectivity index (χ1) is 19.5. The molecule has 3 aromatic carbocycles. The summed E-state index contributed by atoms with van der Waals surface area (Å²) in [6.07, 6.45) is -0.352. The van der Waals surface area contributed by atoms with Crippen molar-refractivity contribution < 1.29 is 58.5 Å². The fourth-order valence-corrected chi connectivity index (χ4v) is 4.99. The number of carbonyl (C=O) groups is 2. The molecule has 1 heterocycles. The second-order valence-corrected chi connectivity index (χ2v) is 10.9. The van der Waals surface area contributed by atoms with Gasteiger partial charge in [-0.2, -0.15) is 8.75 Å². The number of fused-ring (bicyclic) bond motifs is 1. The third kappa shape index (κ3) is 7.58. The van der Waals surface area contributed by atoms with Gasteiger partial charge in [0.1, 0.15) is 11.0 Å². The van der Waals surface area contributed by atoms with Crippen LogP contribution < -0.4 is 48.9 Å². The third-order valence-corrected chi connectivity index (χ3v) is 7.05. The van der Waals surface area contributed by atoms with Crippen LogP contribution in [0.4, 0.5) is 0 Å². The number of hydrogen-bond acceptors (Lipinski definition) is 9. The average molecular weight is 597 g/mol. The summed E-state index contributed by atoms with van der Waals surface area (Å²) < 4.78 is 26.2. The van der Waals surface area contributed by atoms with Gasteiger partial charge in [-0.1, -0.05) is 18.2 Å². The van der Waals surface area contributed by atoms with Crippen LogP contribution in [0.1, 0.15) is 60.3 Å². The monoisotopic (exact) mass is 596 g/mol. The Labute approximate surface area is 272 Å². The van der Waals surface area contributed by atoms with Crippen LogP contribution in [0.3, 0.4) is 0 Å². The van der Waals surface area contributed by atoms with Crippen molar-refractivity contribution in [1.82, 2.24) is 8.75 Å². The molecule has 0 saturated carbocycles. The van der Waals surface area contributed by atoms with Crippen molar-refractivity contribution in [3.05, 3.63) is 81.9 Å². The molecule has 0 aliphatic heterocycles. The molecule has 4 rings (SSSR count). The number of hydrogen-bond donors (Lipinski definition) is 0. The number of ketones is 1. The molecule has 0 aliphatic rings. The van der Waals surface area contributed by atoms with Crippen LogP contribution in [0, 0.1) is 13.8 Å². The Hall–Kier alpha value is -3.24. The van der Waals surface area contributed by atoms with Crippen LogP contribution in [0.25, 0.3) is 16.6 Å². The standard InChI is InChI=1S/C32H34N2O6S.Na/c1-17(2)39-28-15-21(14-27(38-7)31(28)40-18(3)4)13-24(30(35)23-9-8-19(5)20(6)12-23)29(32(36)37)22-10-11-25-26(16-22)34-41-33-25;/h8-12,14-18H,13H2,1-7H3,(H,36,37);/q;+1/p-1. The number of rotatable bonds is 11. The van der Waals surface area contributed by atoms with Crippen LogP contribution in [0.15, 0.2) is 54.1 Å². The zero-order valence-electron chi connectivity index (χ0n) is 25.2. The van der Waals surface area contributed by atoms with Gasteiger partial charge in [0.05, 0.1) is 37.0 Å². The van der Waals surface area contributed by atoms with Crippen molar-refractivity contribution in [1.29, 1.82) is 0 Å². The smallest absolute Gasteiger partial charge is 0.545 e. The van der Waals surface area contributed by atoms with E-state index in [-0.39, 0.29) is 59.3 Å². The van der Waals surface area contributed by atoms with Crippen molar-refractivity contribution in [2.24, 2.45) is 0 Å². The Morgan fingerprint density at radius 3 is 2.10 bits per heavy atom. The minimum atomic E-state index is -1.47. The van der Waals surface area contributed by atoms with Gasteiger partial charge in [-0.15, -0.1) is 0 Å². The van der Waals surface area contributed by atoms with Crippen molar-refractivity contribution in [3.63, 3.8) is 0 Å². The number of methoxy groups -OCH3 is 1. The Morgan fingerprint density at radius 2 is 1.48 bits per heavy atom. The predicted molar refractivity (Wildman–Crippen MR) is 158 cm³/mol. The quantitative estimate of drug-likeness (QED) is 0.148. The molecular weight excluding hydrogens is 563 g/mol. The fourth-order valence-electron chi connectivity index (χ4n) is 4.47. The van der Waals surface area contributed by atoms with Crippen molar-refractivity contribution in [2.75, 3.05) is 7.11 Å². The van der Waals surface area contributed by atoms with Gasteiger partial charge in [0, 0.05) is 23.1 Å². The van der Waals surface area contributed by atoms with Crippen molar-refractivity contribution >= 4 is 40.1 Å². The minimum Gasteiger partial charge on any atom is -0.545 e. The molecule has 8 nitrogen and oxygen atoms in total. The largest absolute Gasteiger partial charge is 1.00 e.